The number of likely N-dealkylation sites (tertiary alicyclic amines) is 2. The molecule has 0 saturated carbocycles. The summed E-state index contributed by atoms with van der Waals surface area (Å²) < 4.78 is 77.0. The van der Waals surface area contributed by atoms with Crippen molar-refractivity contribution in [3.63, 3.8) is 0 Å². The van der Waals surface area contributed by atoms with Gasteiger partial charge in [-0.15, -0.1) is 0 Å². The summed E-state index contributed by atoms with van der Waals surface area (Å²) in [5.74, 6) is 0. The van der Waals surface area contributed by atoms with Crippen LogP contribution in [0.4, 0.5) is 36.8 Å². The molecule has 0 radical (unpaired) electrons. The van der Waals surface area contributed by atoms with Gasteiger partial charge in [-0.05, 0) is 44.1 Å². The minimum atomic E-state index is -4.95. The van der Waals surface area contributed by atoms with Crippen LogP contribution in [-0.2, 0) is 12.4 Å². The number of benzene rings is 1. The summed E-state index contributed by atoms with van der Waals surface area (Å²) >= 11 is 0. The number of rotatable bonds is 2. The molecule has 0 aliphatic carbocycles. The Kier molecular flexibility index (Phi) is 4.80. The van der Waals surface area contributed by atoms with Gasteiger partial charge in [-0.2, -0.15) is 26.3 Å². The van der Waals surface area contributed by atoms with E-state index in [0.29, 0.717) is 25.2 Å². The number of nitrogens with zero attached hydrogens (tertiary/aromatic N) is 2. The summed E-state index contributed by atoms with van der Waals surface area (Å²) in [6.45, 7) is 2.72. The quantitative estimate of drug-likeness (QED) is 0.785. The fourth-order valence-electron chi connectivity index (χ4n) is 3.19. The molecule has 0 unspecified atom stereocenters. The lowest BCUT2D eigenvalue weighted by atomic mass is 10.1. The van der Waals surface area contributed by atoms with Crippen molar-refractivity contribution in [1.29, 1.82) is 0 Å². The van der Waals surface area contributed by atoms with E-state index in [9.17, 15) is 31.1 Å². The van der Waals surface area contributed by atoms with E-state index >= 15 is 0 Å². The van der Waals surface area contributed by atoms with E-state index in [0.717, 1.165) is 25.9 Å². The maximum absolute atomic E-state index is 12.8. The zero-order chi connectivity index (χ0) is 19.1. The Hall–Kier alpha value is -1.97. The minimum absolute atomic E-state index is 0.0304. The number of amides is 2. The maximum atomic E-state index is 12.8. The number of nitrogens with one attached hydrogen (secondary N) is 1. The fourth-order valence-corrected chi connectivity index (χ4v) is 3.19. The molecule has 26 heavy (non-hydrogen) atoms. The molecule has 144 valence electrons. The molecule has 2 fully saturated rings. The third kappa shape index (κ3) is 4.05. The van der Waals surface area contributed by atoms with E-state index in [-0.39, 0.29) is 12.1 Å². The van der Waals surface area contributed by atoms with Crippen molar-refractivity contribution in [2.75, 3.05) is 31.5 Å². The van der Waals surface area contributed by atoms with Crippen molar-refractivity contribution < 1.29 is 31.1 Å². The first-order valence-electron chi connectivity index (χ1n) is 8.13. The molecular formula is C16H17F6N3O. The molecular weight excluding hydrogens is 364 g/mol. The lowest BCUT2D eigenvalue weighted by molar-refractivity contribution is -0.143. The van der Waals surface area contributed by atoms with Crippen LogP contribution in [0.1, 0.15) is 24.0 Å². The summed E-state index contributed by atoms with van der Waals surface area (Å²) in [5.41, 5.74) is -3.44. The first-order chi connectivity index (χ1) is 12.0. The Balaban J connectivity index is 1.69. The van der Waals surface area contributed by atoms with Gasteiger partial charge >= 0.3 is 18.4 Å². The van der Waals surface area contributed by atoms with E-state index in [1.54, 1.807) is 0 Å². The summed E-state index contributed by atoms with van der Waals surface area (Å²) in [6.07, 6.45) is -7.71. The predicted molar refractivity (Wildman–Crippen MR) is 81.6 cm³/mol. The molecule has 2 heterocycles. The number of carbonyl (C=O) groups is 1. The zero-order valence-corrected chi connectivity index (χ0v) is 13.6. The number of hydrogen-bond donors (Lipinski definition) is 1. The Morgan fingerprint density at radius 2 is 1.42 bits per heavy atom. The molecule has 1 aromatic carbocycles. The number of carbonyl (C=O) groups excluding carboxylic acids is 1. The van der Waals surface area contributed by atoms with E-state index in [1.807, 2.05) is 0 Å². The van der Waals surface area contributed by atoms with Gasteiger partial charge in [-0.1, -0.05) is 0 Å². The average Bonchev–Trinajstić information content (AvgIpc) is 2.97. The van der Waals surface area contributed by atoms with Gasteiger partial charge in [0, 0.05) is 24.8 Å². The molecule has 10 heteroatoms. The van der Waals surface area contributed by atoms with E-state index in [2.05, 4.69) is 10.2 Å². The standard InChI is InChI=1S/C16H17F6N3O/c17-15(18,19)10-5-11(16(20,21)22)7-12(6-10)23-14(26)25-8-13(9-25)24-3-1-2-4-24/h5-7,13H,1-4,8-9H2,(H,23,26). The van der Waals surface area contributed by atoms with Crippen LogP contribution in [0.25, 0.3) is 0 Å². The van der Waals surface area contributed by atoms with Crippen molar-refractivity contribution in [1.82, 2.24) is 9.80 Å². The van der Waals surface area contributed by atoms with Crippen LogP contribution in [0.15, 0.2) is 18.2 Å². The second kappa shape index (κ2) is 6.64. The SMILES string of the molecule is O=C(Nc1cc(C(F)(F)F)cc(C(F)(F)F)c1)N1CC(N2CCCC2)C1. The summed E-state index contributed by atoms with van der Waals surface area (Å²) in [7, 11) is 0. The Labute approximate surface area is 145 Å². The fraction of sp³-hybridized carbons (Fsp3) is 0.562. The number of anilines is 1. The monoisotopic (exact) mass is 381 g/mol. The first kappa shape index (κ1) is 18.8. The Morgan fingerprint density at radius 1 is 0.923 bits per heavy atom. The molecule has 2 aliphatic heterocycles. The molecule has 3 rings (SSSR count). The second-order valence-corrected chi connectivity index (χ2v) is 6.53. The highest BCUT2D eigenvalue weighted by molar-refractivity contribution is 5.90. The van der Waals surface area contributed by atoms with Gasteiger partial charge in [0.15, 0.2) is 0 Å². The maximum Gasteiger partial charge on any atom is 0.416 e. The first-order valence-corrected chi connectivity index (χ1v) is 8.13. The molecule has 0 aromatic heterocycles. The van der Waals surface area contributed by atoms with Crippen LogP contribution in [0.2, 0.25) is 0 Å². The van der Waals surface area contributed by atoms with E-state index in [4.69, 9.17) is 0 Å². The number of urea groups is 1. The smallest absolute Gasteiger partial charge is 0.321 e. The van der Waals surface area contributed by atoms with Crippen LogP contribution >= 0.6 is 0 Å². The lowest BCUT2D eigenvalue weighted by Crippen LogP contribution is -2.61. The van der Waals surface area contributed by atoms with Gasteiger partial charge < -0.3 is 10.2 Å². The van der Waals surface area contributed by atoms with Gasteiger partial charge in [-0.25, -0.2) is 4.79 Å². The summed E-state index contributed by atoms with van der Waals surface area (Å²) in [5, 5.41) is 2.15. The highest BCUT2D eigenvalue weighted by Crippen LogP contribution is 2.37. The number of halogens is 6. The lowest BCUT2D eigenvalue weighted by Gasteiger charge is -2.43. The molecule has 1 aromatic rings. The molecule has 1 N–H and O–H groups in total. The molecule has 2 aliphatic rings. The topological polar surface area (TPSA) is 35.6 Å². The third-order valence-electron chi connectivity index (χ3n) is 4.65. The van der Waals surface area contributed by atoms with Crippen molar-refractivity contribution >= 4 is 11.7 Å². The van der Waals surface area contributed by atoms with Crippen LogP contribution < -0.4 is 5.32 Å². The molecule has 2 amide bonds. The van der Waals surface area contributed by atoms with Crippen molar-refractivity contribution in [2.45, 2.75) is 31.2 Å². The van der Waals surface area contributed by atoms with Crippen molar-refractivity contribution in [3.05, 3.63) is 29.3 Å². The predicted octanol–water partition coefficient (Wildman–Crippen LogP) is 4.04. The highest BCUT2D eigenvalue weighted by Gasteiger charge is 2.38. The Morgan fingerprint density at radius 3 is 1.88 bits per heavy atom. The summed E-state index contributed by atoms with van der Waals surface area (Å²) in [4.78, 5) is 15.7. The number of alkyl halides is 6. The van der Waals surface area contributed by atoms with Gasteiger partial charge in [0.05, 0.1) is 11.1 Å². The van der Waals surface area contributed by atoms with E-state index in [1.165, 1.54) is 4.90 Å². The van der Waals surface area contributed by atoms with Gasteiger partial charge in [0.2, 0.25) is 0 Å². The van der Waals surface area contributed by atoms with Gasteiger partial charge in [0.25, 0.3) is 0 Å². The molecule has 0 atom stereocenters. The highest BCUT2D eigenvalue weighted by atomic mass is 19.4. The zero-order valence-electron chi connectivity index (χ0n) is 13.6. The second-order valence-electron chi connectivity index (χ2n) is 6.53. The average molecular weight is 381 g/mol. The minimum Gasteiger partial charge on any atom is -0.321 e. The van der Waals surface area contributed by atoms with Crippen LogP contribution in [0.3, 0.4) is 0 Å². The summed E-state index contributed by atoms with van der Waals surface area (Å²) in [6, 6.07) is 0.543. The van der Waals surface area contributed by atoms with Gasteiger partial charge in [0.1, 0.15) is 0 Å². The Bertz CT molecular complexity index is 643. The molecule has 0 spiro atoms. The normalized spacial score (nSPS) is 19.5. The van der Waals surface area contributed by atoms with Crippen LogP contribution in [0.5, 0.6) is 0 Å². The van der Waals surface area contributed by atoms with Crippen molar-refractivity contribution in [2.24, 2.45) is 0 Å². The molecule has 2 saturated heterocycles. The third-order valence-corrected chi connectivity index (χ3v) is 4.65. The van der Waals surface area contributed by atoms with E-state index < -0.39 is 35.2 Å². The molecule has 0 bridgehead atoms. The molecule has 4 nitrogen and oxygen atoms in total. The van der Waals surface area contributed by atoms with Crippen molar-refractivity contribution in [3.8, 4) is 0 Å². The largest absolute Gasteiger partial charge is 0.416 e. The van der Waals surface area contributed by atoms with Crippen LogP contribution in [0, 0.1) is 0 Å². The van der Waals surface area contributed by atoms with Gasteiger partial charge in [-0.3, -0.25) is 4.90 Å². The number of hydrogen-bond acceptors (Lipinski definition) is 2. The van der Waals surface area contributed by atoms with Crippen LogP contribution in [-0.4, -0.2) is 48.1 Å².